The van der Waals surface area contributed by atoms with Crippen molar-refractivity contribution in [3.8, 4) is 5.69 Å². The molecule has 0 bridgehead atoms. The Morgan fingerprint density at radius 3 is 2.48 bits per heavy atom. The number of thioether (sulfide) groups is 1. The minimum Gasteiger partial charge on any atom is -0.459 e. The molecule has 0 N–H and O–H groups in total. The molecule has 0 saturated carbocycles. The highest BCUT2D eigenvalue weighted by atomic mass is 35.5. The average molecular weight is 403 g/mol. The van der Waals surface area contributed by atoms with Crippen LogP contribution in [0.2, 0.25) is 5.02 Å². The van der Waals surface area contributed by atoms with Gasteiger partial charge in [-0.3, -0.25) is 14.2 Å². The van der Waals surface area contributed by atoms with Gasteiger partial charge in [0.15, 0.2) is 5.16 Å². The Labute approximate surface area is 166 Å². The SMILES string of the molecule is CC(C)(C)OC(=O)CSc1nc2ccccc2c(=O)n1-c1ccc(Cl)cc1. The topological polar surface area (TPSA) is 61.2 Å². The van der Waals surface area contributed by atoms with Crippen molar-refractivity contribution in [3.05, 3.63) is 63.9 Å². The van der Waals surface area contributed by atoms with Gasteiger partial charge in [-0.2, -0.15) is 0 Å². The Hall–Kier alpha value is -2.31. The van der Waals surface area contributed by atoms with Gasteiger partial charge in [0.25, 0.3) is 5.56 Å². The highest BCUT2D eigenvalue weighted by molar-refractivity contribution is 7.99. The number of carbonyl (C=O) groups is 1. The number of ether oxygens (including phenoxy) is 1. The Kier molecular flexibility index (Phi) is 5.58. The molecule has 3 rings (SSSR count). The number of benzene rings is 2. The molecule has 0 atom stereocenters. The second-order valence-corrected chi connectivity index (χ2v) is 8.28. The molecule has 0 saturated heterocycles. The van der Waals surface area contributed by atoms with Crippen molar-refractivity contribution in [1.29, 1.82) is 0 Å². The van der Waals surface area contributed by atoms with Gasteiger partial charge in [-0.1, -0.05) is 35.5 Å². The quantitative estimate of drug-likeness (QED) is 0.366. The Morgan fingerprint density at radius 2 is 1.81 bits per heavy atom. The van der Waals surface area contributed by atoms with E-state index in [4.69, 9.17) is 16.3 Å². The van der Waals surface area contributed by atoms with Crippen molar-refractivity contribution in [2.45, 2.75) is 31.5 Å². The van der Waals surface area contributed by atoms with E-state index in [1.54, 1.807) is 42.5 Å². The summed E-state index contributed by atoms with van der Waals surface area (Å²) in [5.41, 5.74) is 0.452. The van der Waals surface area contributed by atoms with Gasteiger partial charge in [-0.25, -0.2) is 4.98 Å². The molecule has 5 nitrogen and oxygen atoms in total. The molecule has 140 valence electrons. The van der Waals surface area contributed by atoms with E-state index in [0.29, 0.717) is 26.8 Å². The molecule has 0 amide bonds. The summed E-state index contributed by atoms with van der Waals surface area (Å²) < 4.78 is 6.84. The van der Waals surface area contributed by atoms with Crippen molar-refractivity contribution < 1.29 is 9.53 Å². The minimum atomic E-state index is -0.565. The van der Waals surface area contributed by atoms with Crippen LogP contribution in [0.4, 0.5) is 0 Å². The Balaban J connectivity index is 2.04. The predicted octanol–water partition coefficient (Wildman–Crippen LogP) is 4.47. The van der Waals surface area contributed by atoms with Crippen LogP contribution in [0.3, 0.4) is 0 Å². The monoisotopic (exact) mass is 402 g/mol. The van der Waals surface area contributed by atoms with Gasteiger partial charge >= 0.3 is 5.97 Å². The van der Waals surface area contributed by atoms with Crippen LogP contribution in [0.25, 0.3) is 16.6 Å². The summed E-state index contributed by atoms with van der Waals surface area (Å²) in [6, 6.07) is 14.0. The van der Waals surface area contributed by atoms with E-state index in [9.17, 15) is 9.59 Å². The molecule has 7 heteroatoms. The van der Waals surface area contributed by atoms with E-state index in [-0.39, 0.29) is 17.3 Å². The minimum absolute atomic E-state index is 0.0512. The summed E-state index contributed by atoms with van der Waals surface area (Å²) in [6.07, 6.45) is 0. The third-order valence-electron chi connectivity index (χ3n) is 3.57. The molecular weight excluding hydrogens is 384 g/mol. The first-order chi connectivity index (χ1) is 12.7. The lowest BCUT2D eigenvalue weighted by Crippen LogP contribution is -2.26. The van der Waals surface area contributed by atoms with Crippen molar-refractivity contribution >= 4 is 40.2 Å². The Bertz CT molecular complexity index is 1040. The van der Waals surface area contributed by atoms with E-state index < -0.39 is 5.60 Å². The van der Waals surface area contributed by atoms with Crippen LogP contribution < -0.4 is 5.56 Å². The molecule has 27 heavy (non-hydrogen) atoms. The third-order valence-corrected chi connectivity index (χ3v) is 4.73. The molecule has 0 fully saturated rings. The number of carbonyl (C=O) groups excluding carboxylic acids is 1. The molecule has 1 aromatic heterocycles. The van der Waals surface area contributed by atoms with Gasteiger partial charge in [0.2, 0.25) is 0 Å². The fraction of sp³-hybridized carbons (Fsp3) is 0.250. The molecule has 0 aliphatic heterocycles. The highest BCUT2D eigenvalue weighted by Gasteiger charge is 2.19. The van der Waals surface area contributed by atoms with Crippen LogP contribution in [-0.4, -0.2) is 26.9 Å². The molecular formula is C20H19ClN2O3S. The summed E-state index contributed by atoms with van der Waals surface area (Å²) >= 11 is 7.14. The van der Waals surface area contributed by atoms with Crippen molar-refractivity contribution in [1.82, 2.24) is 9.55 Å². The molecule has 0 aliphatic carbocycles. The van der Waals surface area contributed by atoms with E-state index in [1.807, 2.05) is 26.8 Å². The van der Waals surface area contributed by atoms with Gasteiger partial charge in [0.1, 0.15) is 5.60 Å². The van der Waals surface area contributed by atoms with Gasteiger partial charge in [0, 0.05) is 5.02 Å². The summed E-state index contributed by atoms with van der Waals surface area (Å²) in [5, 5.41) is 1.50. The van der Waals surface area contributed by atoms with Gasteiger partial charge in [-0.15, -0.1) is 0 Å². The number of nitrogens with zero attached hydrogens (tertiary/aromatic N) is 2. The van der Waals surface area contributed by atoms with Crippen LogP contribution >= 0.6 is 23.4 Å². The summed E-state index contributed by atoms with van der Waals surface area (Å²) in [4.78, 5) is 29.8. The standard InChI is InChI=1S/C20H19ClN2O3S/c1-20(2,3)26-17(24)12-27-19-22-16-7-5-4-6-15(16)18(25)23(19)14-10-8-13(21)9-11-14/h4-11H,12H2,1-3H3. The van der Waals surface area contributed by atoms with Crippen molar-refractivity contribution in [2.24, 2.45) is 0 Å². The first-order valence-electron chi connectivity index (χ1n) is 8.37. The number of hydrogen-bond donors (Lipinski definition) is 0. The summed E-state index contributed by atoms with van der Waals surface area (Å²) in [7, 11) is 0. The smallest absolute Gasteiger partial charge is 0.316 e. The van der Waals surface area contributed by atoms with Gasteiger partial charge < -0.3 is 4.74 Å². The normalized spacial score (nSPS) is 11.6. The first-order valence-corrected chi connectivity index (χ1v) is 9.73. The predicted molar refractivity (Wildman–Crippen MR) is 109 cm³/mol. The number of halogens is 1. The zero-order valence-corrected chi connectivity index (χ0v) is 16.8. The second kappa shape index (κ2) is 7.74. The van der Waals surface area contributed by atoms with E-state index in [1.165, 1.54) is 16.3 Å². The molecule has 2 aromatic carbocycles. The van der Waals surface area contributed by atoms with Gasteiger partial charge in [-0.05, 0) is 57.2 Å². The zero-order chi connectivity index (χ0) is 19.6. The molecule has 3 aromatic rings. The number of esters is 1. The maximum Gasteiger partial charge on any atom is 0.316 e. The second-order valence-electron chi connectivity index (χ2n) is 6.90. The number of hydrogen-bond acceptors (Lipinski definition) is 5. The van der Waals surface area contributed by atoms with Gasteiger partial charge in [0.05, 0.1) is 22.3 Å². The highest BCUT2D eigenvalue weighted by Crippen LogP contribution is 2.23. The molecule has 0 unspecified atom stereocenters. The lowest BCUT2D eigenvalue weighted by atomic mass is 10.2. The lowest BCUT2D eigenvalue weighted by Gasteiger charge is -2.19. The number of rotatable bonds is 4. The van der Waals surface area contributed by atoms with Crippen molar-refractivity contribution in [2.75, 3.05) is 5.75 Å². The molecule has 0 aliphatic rings. The van der Waals surface area contributed by atoms with Crippen LogP contribution in [0, 0.1) is 0 Å². The maximum atomic E-state index is 13.1. The van der Waals surface area contributed by atoms with E-state index >= 15 is 0 Å². The van der Waals surface area contributed by atoms with E-state index in [2.05, 4.69) is 4.98 Å². The van der Waals surface area contributed by atoms with Crippen LogP contribution in [0.5, 0.6) is 0 Å². The molecule has 1 heterocycles. The summed E-state index contributed by atoms with van der Waals surface area (Å²) in [5.74, 6) is -0.312. The molecule has 0 spiro atoms. The van der Waals surface area contributed by atoms with Crippen LogP contribution in [0.15, 0.2) is 58.5 Å². The zero-order valence-electron chi connectivity index (χ0n) is 15.2. The molecule has 0 radical (unpaired) electrons. The van der Waals surface area contributed by atoms with Crippen molar-refractivity contribution in [3.63, 3.8) is 0 Å². The average Bonchev–Trinajstić information content (AvgIpc) is 2.60. The number of para-hydroxylation sites is 1. The third kappa shape index (κ3) is 4.70. The van der Waals surface area contributed by atoms with E-state index in [0.717, 1.165) is 0 Å². The lowest BCUT2D eigenvalue weighted by molar-refractivity contribution is -0.151. The first kappa shape index (κ1) is 19.5. The fourth-order valence-corrected chi connectivity index (χ4v) is 3.43. The number of fused-ring (bicyclic) bond motifs is 1. The fourth-order valence-electron chi connectivity index (χ4n) is 2.52. The maximum absolute atomic E-state index is 13.1. The largest absolute Gasteiger partial charge is 0.459 e. The van der Waals surface area contributed by atoms with Crippen LogP contribution in [-0.2, 0) is 9.53 Å². The number of aromatic nitrogens is 2. The van der Waals surface area contributed by atoms with Crippen LogP contribution in [0.1, 0.15) is 20.8 Å². The summed E-state index contributed by atoms with van der Waals surface area (Å²) in [6.45, 7) is 5.44. The Morgan fingerprint density at radius 1 is 1.15 bits per heavy atom.